The second kappa shape index (κ2) is 3.98. The molecule has 3 nitrogen and oxygen atoms in total. The number of carbonyl (C=O) groups is 1. The largest absolute Gasteiger partial charge is 0.446 e. The lowest BCUT2D eigenvalue weighted by atomic mass is 10.1. The van der Waals surface area contributed by atoms with E-state index in [1.165, 1.54) is 6.20 Å². The molecule has 2 aromatic rings. The van der Waals surface area contributed by atoms with Crippen LogP contribution in [-0.4, -0.2) is 10.8 Å². The van der Waals surface area contributed by atoms with E-state index in [9.17, 15) is 4.79 Å². The second-order valence-electron chi connectivity index (χ2n) is 3.18. The van der Waals surface area contributed by atoms with Crippen molar-refractivity contribution in [3.05, 3.63) is 52.1 Å². The number of ketones is 1. The topological polar surface area (TPSA) is 43.1 Å². The molecule has 0 aromatic carbocycles. The smallest absolute Gasteiger partial charge is 0.229 e. The van der Waals surface area contributed by atoms with Crippen molar-refractivity contribution in [1.82, 2.24) is 4.98 Å². The molecule has 2 heterocycles. The van der Waals surface area contributed by atoms with Crippen molar-refractivity contribution >= 4 is 21.7 Å². The molecule has 0 fully saturated rings. The lowest BCUT2D eigenvalue weighted by Gasteiger charge is -1.97. The summed E-state index contributed by atoms with van der Waals surface area (Å²) in [4.78, 5) is 15.8. The highest BCUT2D eigenvalue weighted by Gasteiger charge is 2.13. The van der Waals surface area contributed by atoms with Gasteiger partial charge in [-0.15, -0.1) is 0 Å². The van der Waals surface area contributed by atoms with Gasteiger partial charge < -0.3 is 4.42 Å². The minimum Gasteiger partial charge on any atom is -0.446 e. The van der Waals surface area contributed by atoms with E-state index in [2.05, 4.69) is 20.9 Å². The van der Waals surface area contributed by atoms with Crippen molar-refractivity contribution in [2.75, 3.05) is 0 Å². The lowest BCUT2D eigenvalue weighted by molar-refractivity contribution is 0.101. The summed E-state index contributed by atoms with van der Waals surface area (Å²) < 4.78 is 5.73. The zero-order valence-electron chi connectivity index (χ0n) is 8.03. The van der Waals surface area contributed by atoms with Crippen molar-refractivity contribution in [1.29, 1.82) is 0 Å². The van der Waals surface area contributed by atoms with Crippen molar-refractivity contribution in [3.8, 4) is 0 Å². The third-order valence-electron chi connectivity index (χ3n) is 1.93. The van der Waals surface area contributed by atoms with Crippen LogP contribution in [0.15, 0.2) is 39.7 Å². The molecule has 0 amide bonds. The van der Waals surface area contributed by atoms with Gasteiger partial charge in [-0.3, -0.25) is 9.78 Å². The summed E-state index contributed by atoms with van der Waals surface area (Å²) in [5.41, 5.74) is 1.49. The maximum atomic E-state index is 11.9. The summed E-state index contributed by atoms with van der Waals surface area (Å²) >= 11 is 3.15. The Morgan fingerprint density at radius 1 is 1.40 bits per heavy atom. The number of hydrogen-bond acceptors (Lipinski definition) is 3. The van der Waals surface area contributed by atoms with Crippen molar-refractivity contribution < 1.29 is 9.21 Å². The van der Waals surface area contributed by atoms with E-state index in [4.69, 9.17) is 4.42 Å². The number of aromatic nitrogens is 1. The lowest BCUT2D eigenvalue weighted by Crippen LogP contribution is -2.00. The second-order valence-corrected chi connectivity index (χ2v) is 3.97. The van der Waals surface area contributed by atoms with E-state index in [0.29, 0.717) is 16.0 Å². The molecule has 0 N–H and O–H groups in total. The van der Waals surface area contributed by atoms with E-state index in [0.717, 1.165) is 5.56 Å². The van der Waals surface area contributed by atoms with Gasteiger partial charge in [0, 0.05) is 18.0 Å². The summed E-state index contributed by atoms with van der Waals surface area (Å²) in [5.74, 6) is 0.158. The number of aryl methyl sites for hydroxylation is 1. The number of hydrogen-bond donors (Lipinski definition) is 0. The maximum absolute atomic E-state index is 11.9. The molecule has 0 unspecified atom stereocenters. The van der Waals surface area contributed by atoms with Crippen molar-refractivity contribution in [2.45, 2.75) is 6.92 Å². The Bertz CT molecular complexity index is 505. The molecule has 4 heteroatoms. The number of furan rings is 1. The highest BCUT2D eigenvalue weighted by Crippen LogP contribution is 2.17. The van der Waals surface area contributed by atoms with Gasteiger partial charge in [-0.2, -0.15) is 0 Å². The average molecular weight is 266 g/mol. The molecule has 0 saturated carbocycles. The van der Waals surface area contributed by atoms with E-state index in [1.807, 2.05) is 6.92 Å². The summed E-state index contributed by atoms with van der Waals surface area (Å²) in [6, 6.07) is 5.11. The van der Waals surface area contributed by atoms with Gasteiger partial charge in [-0.1, -0.05) is 0 Å². The van der Waals surface area contributed by atoms with Crippen LogP contribution in [0, 0.1) is 6.92 Å². The SMILES string of the molecule is Cc1cncc(C(=O)c2ccc(Br)o2)c1. The maximum Gasteiger partial charge on any atom is 0.229 e. The molecule has 0 aliphatic heterocycles. The average Bonchev–Trinajstić information content (AvgIpc) is 2.64. The van der Waals surface area contributed by atoms with E-state index in [-0.39, 0.29) is 5.78 Å². The summed E-state index contributed by atoms with van der Waals surface area (Å²) in [7, 11) is 0. The fourth-order valence-electron chi connectivity index (χ4n) is 1.26. The Balaban J connectivity index is 2.36. The molecule has 76 valence electrons. The van der Waals surface area contributed by atoms with Gasteiger partial charge in [-0.25, -0.2) is 0 Å². The number of nitrogens with zero attached hydrogens (tertiary/aromatic N) is 1. The molecule has 15 heavy (non-hydrogen) atoms. The van der Waals surface area contributed by atoms with Gasteiger partial charge in [0.25, 0.3) is 0 Å². The molecule has 0 spiro atoms. The number of pyridine rings is 1. The first-order chi connectivity index (χ1) is 7.16. The molecule has 0 aliphatic carbocycles. The zero-order valence-corrected chi connectivity index (χ0v) is 9.61. The molecule has 0 aliphatic rings. The minimum absolute atomic E-state index is 0.156. The van der Waals surface area contributed by atoms with E-state index in [1.54, 1.807) is 24.4 Å². The van der Waals surface area contributed by atoms with Gasteiger partial charge in [-0.05, 0) is 46.6 Å². The Kier molecular flexibility index (Phi) is 2.68. The third-order valence-corrected chi connectivity index (χ3v) is 2.36. The van der Waals surface area contributed by atoms with Gasteiger partial charge in [0.2, 0.25) is 5.78 Å². The third kappa shape index (κ3) is 2.15. The van der Waals surface area contributed by atoms with E-state index < -0.39 is 0 Å². The van der Waals surface area contributed by atoms with E-state index >= 15 is 0 Å². The molecule has 0 atom stereocenters. The van der Waals surface area contributed by atoms with Crippen LogP contribution in [0.2, 0.25) is 0 Å². The summed E-state index contributed by atoms with van der Waals surface area (Å²) in [6.45, 7) is 1.89. The zero-order chi connectivity index (χ0) is 10.8. The van der Waals surface area contributed by atoms with Crippen LogP contribution in [0.1, 0.15) is 21.7 Å². The standard InChI is InChI=1S/C11H8BrNO2/c1-7-4-8(6-13-5-7)11(14)9-2-3-10(12)15-9/h2-6H,1H3. The number of carbonyl (C=O) groups excluding carboxylic acids is 1. The Morgan fingerprint density at radius 3 is 2.80 bits per heavy atom. The van der Waals surface area contributed by atoms with Crippen LogP contribution in [0.5, 0.6) is 0 Å². The summed E-state index contributed by atoms with van der Waals surface area (Å²) in [6.07, 6.45) is 3.24. The van der Waals surface area contributed by atoms with Gasteiger partial charge in [0.05, 0.1) is 0 Å². The molecular weight excluding hydrogens is 258 g/mol. The Labute approximate surface area is 95.3 Å². The monoisotopic (exact) mass is 265 g/mol. The van der Waals surface area contributed by atoms with Crippen molar-refractivity contribution in [3.63, 3.8) is 0 Å². The molecule has 0 radical (unpaired) electrons. The highest BCUT2D eigenvalue weighted by atomic mass is 79.9. The predicted octanol–water partition coefficient (Wildman–Crippen LogP) is 2.98. The number of halogens is 1. The first kappa shape index (κ1) is 10.1. The quantitative estimate of drug-likeness (QED) is 0.785. The van der Waals surface area contributed by atoms with Crippen LogP contribution in [0.4, 0.5) is 0 Å². The van der Waals surface area contributed by atoms with Gasteiger partial charge in [0.15, 0.2) is 10.4 Å². The van der Waals surface area contributed by atoms with Crippen LogP contribution in [-0.2, 0) is 0 Å². The Hall–Kier alpha value is -1.42. The first-order valence-corrected chi connectivity index (χ1v) is 5.18. The molecule has 2 aromatic heterocycles. The first-order valence-electron chi connectivity index (χ1n) is 4.38. The molecule has 0 saturated heterocycles. The van der Waals surface area contributed by atoms with Crippen molar-refractivity contribution in [2.24, 2.45) is 0 Å². The molecular formula is C11H8BrNO2. The van der Waals surface area contributed by atoms with Gasteiger partial charge in [0.1, 0.15) is 0 Å². The Morgan fingerprint density at radius 2 is 2.20 bits per heavy atom. The van der Waals surface area contributed by atoms with Crippen LogP contribution < -0.4 is 0 Å². The predicted molar refractivity (Wildman–Crippen MR) is 58.8 cm³/mol. The van der Waals surface area contributed by atoms with Crippen LogP contribution >= 0.6 is 15.9 Å². The van der Waals surface area contributed by atoms with Crippen LogP contribution in [0.25, 0.3) is 0 Å². The fourth-order valence-corrected chi connectivity index (χ4v) is 1.56. The van der Waals surface area contributed by atoms with Gasteiger partial charge >= 0.3 is 0 Å². The molecule has 2 rings (SSSR count). The highest BCUT2D eigenvalue weighted by molar-refractivity contribution is 9.10. The van der Waals surface area contributed by atoms with Crippen LogP contribution in [0.3, 0.4) is 0 Å². The number of rotatable bonds is 2. The fraction of sp³-hybridized carbons (Fsp3) is 0.0909. The molecule has 0 bridgehead atoms. The minimum atomic E-state index is -0.156. The normalized spacial score (nSPS) is 10.3. The summed E-state index contributed by atoms with van der Waals surface area (Å²) in [5, 5.41) is 0.